The minimum atomic E-state index is 0.0746. The van der Waals surface area contributed by atoms with E-state index in [0.717, 1.165) is 43.8 Å². The maximum atomic E-state index is 11.3. The molecular formula is C23H25NO2. The van der Waals surface area contributed by atoms with Crippen LogP contribution in [0.15, 0.2) is 48.5 Å². The Bertz CT molecular complexity index is 791. The summed E-state index contributed by atoms with van der Waals surface area (Å²) < 4.78 is 5.73. The molecule has 1 aliphatic heterocycles. The molecule has 0 aromatic heterocycles. The van der Waals surface area contributed by atoms with Crippen LogP contribution in [-0.4, -0.2) is 36.5 Å². The average molecular weight is 347 g/mol. The zero-order valence-corrected chi connectivity index (χ0v) is 15.5. The largest absolute Gasteiger partial charge is 0.376 e. The summed E-state index contributed by atoms with van der Waals surface area (Å²) in [5.41, 5.74) is 3.93. The highest BCUT2D eigenvalue weighted by Crippen LogP contribution is 2.16. The number of ether oxygens (including phenoxy) is 1. The molecule has 0 spiro atoms. The zero-order valence-electron chi connectivity index (χ0n) is 15.5. The summed E-state index contributed by atoms with van der Waals surface area (Å²) in [4.78, 5) is 13.7. The summed E-state index contributed by atoms with van der Waals surface area (Å²) in [5, 5.41) is 0. The standard InChI is InChI=1S/C23H25NO2/c1-3-14-26-23-16-24(17-23)15-21-8-6-19(7-9-21)4-5-20-10-12-22(13-11-20)18(2)25/h6-13,23H,3,14-17H2,1-2H3. The Morgan fingerprint density at radius 2 is 1.62 bits per heavy atom. The molecule has 2 aromatic carbocycles. The quantitative estimate of drug-likeness (QED) is 0.586. The third kappa shape index (κ3) is 5.05. The highest BCUT2D eigenvalue weighted by atomic mass is 16.5. The van der Waals surface area contributed by atoms with E-state index in [9.17, 15) is 4.79 Å². The monoisotopic (exact) mass is 347 g/mol. The minimum Gasteiger partial charge on any atom is -0.376 e. The fraction of sp³-hybridized carbons (Fsp3) is 0.348. The second-order valence-electron chi connectivity index (χ2n) is 6.77. The van der Waals surface area contributed by atoms with E-state index in [2.05, 4.69) is 47.9 Å². The molecule has 2 aromatic rings. The number of hydrogen-bond acceptors (Lipinski definition) is 3. The lowest BCUT2D eigenvalue weighted by Crippen LogP contribution is -2.51. The molecule has 26 heavy (non-hydrogen) atoms. The van der Waals surface area contributed by atoms with Crippen molar-refractivity contribution in [3.05, 3.63) is 70.8 Å². The first-order chi connectivity index (χ1) is 12.6. The third-order valence-electron chi connectivity index (χ3n) is 4.48. The molecule has 0 radical (unpaired) electrons. The van der Waals surface area contributed by atoms with Gasteiger partial charge in [-0.15, -0.1) is 0 Å². The van der Waals surface area contributed by atoms with Crippen molar-refractivity contribution in [1.29, 1.82) is 0 Å². The predicted octanol–water partition coefficient (Wildman–Crippen LogP) is 3.90. The lowest BCUT2D eigenvalue weighted by Gasteiger charge is -2.38. The van der Waals surface area contributed by atoms with E-state index in [1.165, 1.54) is 5.56 Å². The van der Waals surface area contributed by atoms with Gasteiger partial charge >= 0.3 is 0 Å². The Hall–Kier alpha value is -2.41. The van der Waals surface area contributed by atoms with Gasteiger partial charge in [0.05, 0.1) is 6.10 Å². The molecule has 3 nitrogen and oxygen atoms in total. The molecule has 0 atom stereocenters. The molecule has 0 aliphatic carbocycles. The van der Waals surface area contributed by atoms with Crippen molar-refractivity contribution >= 4 is 5.78 Å². The van der Waals surface area contributed by atoms with Gasteiger partial charge in [0.25, 0.3) is 0 Å². The molecule has 1 fully saturated rings. The van der Waals surface area contributed by atoms with Crippen molar-refractivity contribution < 1.29 is 9.53 Å². The molecule has 1 aliphatic rings. The molecular weight excluding hydrogens is 322 g/mol. The number of benzene rings is 2. The van der Waals surface area contributed by atoms with Gasteiger partial charge in [-0.25, -0.2) is 0 Å². The van der Waals surface area contributed by atoms with E-state index in [4.69, 9.17) is 4.74 Å². The Morgan fingerprint density at radius 3 is 2.15 bits per heavy atom. The van der Waals surface area contributed by atoms with Crippen molar-refractivity contribution in [3.8, 4) is 11.8 Å². The fourth-order valence-electron chi connectivity index (χ4n) is 2.93. The second-order valence-corrected chi connectivity index (χ2v) is 6.77. The molecule has 0 N–H and O–H groups in total. The maximum absolute atomic E-state index is 11.3. The molecule has 0 bridgehead atoms. The minimum absolute atomic E-state index is 0.0746. The summed E-state index contributed by atoms with van der Waals surface area (Å²) in [7, 11) is 0. The second kappa shape index (κ2) is 8.80. The Morgan fingerprint density at radius 1 is 1.04 bits per heavy atom. The van der Waals surface area contributed by atoms with Crippen LogP contribution < -0.4 is 0 Å². The maximum Gasteiger partial charge on any atom is 0.159 e. The first kappa shape index (κ1) is 18.4. The number of carbonyl (C=O) groups excluding carboxylic acids is 1. The highest BCUT2D eigenvalue weighted by Gasteiger charge is 2.26. The van der Waals surface area contributed by atoms with E-state index in [1.807, 2.05) is 24.3 Å². The van der Waals surface area contributed by atoms with E-state index in [0.29, 0.717) is 11.7 Å². The molecule has 1 heterocycles. The topological polar surface area (TPSA) is 29.5 Å². The van der Waals surface area contributed by atoms with Crippen LogP contribution in [0.1, 0.15) is 47.3 Å². The van der Waals surface area contributed by atoms with Crippen molar-refractivity contribution in [2.24, 2.45) is 0 Å². The van der Waals surface area contributed by atoms with Gasteiger partial charge in [-0.05, 0) is 43.2 Å². The van der Waals surface area contributed by atoms with Crippen LogP contribution in [0.25, 0.3) is 0 Å². The van der Waals surface area contributed by atoms with Crippen molar-refractivity contribution in [2.45, 2.75) is 32.9 Å². The van der Waals surface area contributed by atoms with Crippen LogP contribution in [-0.2, 0) is 11.3 Å². The third-order valence-corrected chi connectivity index (χ3v) is 4.48. The molecule has 3 heteroatoms. The number of ketones is 1. The number of rotatable bonds is 6. The van der Waals surface area contributed by atoms with E-state index in [-0.39, 0.29) is 5.78 Å². The average Bonchev–Trinajstić information content (AvgIpc) is 2.63. The van der Waals surface area contributed by atoms with Crippen molar-refractivity contribution in [1.82, 2.24) is 4.90 Å². The van der Waals surface area contributed by atoms with Crippen LogP contribution in [0, 0.1) is 11.8 Å². The Kier molecular flexibility index (Phi) is 6.22. The molecule has 3 rings (SSSR count). The normalized spacial score (nSPS) is 14.4. The summed E-state index contributed by atoms with van der Waals surface area (Å²) in [6, 6.07) is 15.8. The summed E-state index contributed by atoms with van der Waals surface area (Å²) in [6.07, 6.45) is 1.49. The molecule has 0 unspecified atom stereocenters. The predicted molar refractivity (Wildman–Crippen MR) is 104 cm³/mol. The van der Waals surface area contributed by atoms with Crippen molar-refractivity contribution in [2.75, 3.05) is 19.7 Å². The SMILES string of the molecule is CCCOC1CN(Cc2ccc(C#Cc3ccc(C(C)=O)cc3)cc2)C1. The van der Waals surface area contributed by atoms with Crippen LogP contribution in [0.5, 0.6) is 0 Å². The number of hydrogen-bond donors (Lipinski definition) is 0. The number of carbonyl (C=O) groups is 1. The van der Waals surface area contributed by atoms with Crippen molar-refractivity contribution in [3.63, 3.8) is 0 Å². The first-order valence-electron chi connectivity index (χ1n) is 9.20. The lowest BCUT2D eigenvalue weighted by molar-refractivity contribution is -0.0574. The lowest BCUT2D eigenvalue weighted by atomic mass is 10.1. The van der Waals surface area contributed by atoms with Gasteiger partial charge < -0.3 is 4.74 Å². The zero-order chi connectivity index (χ0) is 18.4. The van der Waals surface area contributed by atoms with Crippen LogP contribution >= 0.6 is 0 Å². The van der Waals surface area contributed by atoms with Gasteiger partial charge in [0.1, 0.15) is 0 Å². The van der Waals surface area contributed by atoms with E-state index < -0.39 is 0 Å². The molecule has 0 amide bonds. The Labute approximate surface area is 156 Å². The van der Waals surface area contributed by atoms with Crippen LogP contribution in [0.3, 0.4) is 0 Å². The van der Waals surface area contributed by atoms with Gasteiger partial charge in [-0.3, -0.25) is 9.69 Å². The van der Waals surface area contributed by atoms with Crippen LogP contribution in [0.2, 0.25) is 0 Å². The Balaban J connectivity index is 1.51. The van der Waals surface area contributed by atoms with Gasteiger partial charge in [0, 0.05) is 42.9 Å². The highest BCUT2D eigenvalue weighted by molar-refractivity contribution is 5.94. The molecule has 134 valence electrons. The fourth-order valence-corrected chi connectivity index (χ4v) is 2.93. The van der Waals surface area contributed by atoms with Crippen LogP contribution in [0.4, 0.5) is 0 Å². The number of nitrogens with zero attached hydrogens (tertiary/aromatic N) is 1. The van der Waals surface area contributed by atoms with E-state index >= 15 is 0 Å². The number of likely N-dealkylation sites (tertiary alicyclic amines) is 1. The molecule has 1 saturated heterocycles. The van der Waals surface area contributed by atoms with E-state index in [1.54, 1.807) is 6.92 Å². The smallest absolute Gasteiger partial charge is 0.159 e. The molecule has 0 saturated carbocycles. The van der Waals surface area contributed by atoms with Gasteiger partial charge in [-0.1, -0.05) is 43.0 Å². The summed E-state index contributed by atoms with van der Waals surface area (Å²) in [5.74, 6) is 6.40. The summed E-state index contributed by atoms with van der Waals surface area (Å²) >= 11 is 0. The van der Waals surface area contributed by atoms with Gasteiger partial charge in [-0.2, -0.15) is 0 Å². The number of Topliss-reactive ketones (excluding diaryl/α,β-unsaturated/α-hetero) is 1. The first-order valence-corrected chi connectivity index (χ1v) is 9.20. The van der Waals surface area contributed by atoms with Gasteiger partial charge in [0.2, 0.25) is 0 Å². The van der Waals surface area contributed by atoms with Gasteiger partial charge in [0.15, 0.2) is 5.78 Å². The summed E-state index contributed by atoms with van der Waals surface area (Å²) in [6.45, 7) is 7.59.